The van der Waals surface area contributed by atoms with E-state index in [0.717, 1.165) is 5.56 Å². The lowest BCUT2D eigenvalue weighted by Gasteiger charge is -2.02. The van der Waals surface area contributed by atoms with Crippen molar-refractivity contribution in [2.45, 2.75) is 25.4 Å². The van der Waals surface area contributed by atoms with Gasteiger partial charge in [0.2, 0.25) is 0 Å². The zero-order chi connectivity index (χ0) is 8.72. The molecule has 0 saturated carbocycles. The predicted molar refractivity (Wildman–Crippen MR) is 43.9 cm³/mol. The fourth-order valence-electron chi connectivity index (χ4n) is 1.63. The van der Waals surface area contributed by atoms with E-state index in [2.05, 4.69) is 9.97 Å². The molecule has 2 rings (SSSR count). The minimum atomic E-state index is -0.963. The summed E-state index contributed by atoms with van der Waals surface area (Å²) in [4.78, 5) is 7.70. The van der Waals surface area contributed by atoms with Gasteiger partial charge in [0.1, 0.15) is 17.7 Å². The molecule has 12 heavy (non-hydrogen) atoms. The first-order chi connectivity index (χ1) is 5.70. The molecule has 0 fully saturated rings. The van der Waals surface area contributed by atoms with E-state index in [1.54, 1.807) is 0 Å². The molecule has 1 heterocycles. The SMILES string of the molecule is C[C@@H]1C[C@@H](F)c2ncnc(Cl)c21. The van der Waals surface area contributed by atoms with E-state index in [-0.39, 0.29) is 5.92 Å². The monoisotopic (exact) mass is 186 g/mol. The second-order valence-electron chi connectivity index (χ2n) is 3.07. The third kappa shape index (κ3) is 1.00. The first-order valence-electron chi connectivity index (χ1n) is 3.84. The van der Waals surface area contributed by atoms with Gasteiger partial charge in [0.15, 0.2) is 0 Å². The van der Waals surface area contributed by atoms with Crippen LogP contribution in [0.5, 0.6) is 0 Å². The smallest absolute Gasteiger partial charge is 0.143 e. The van der Waals surface area contributed by atoms with Gasteiger partial charge < -0.3 is 0 Å². The molecule has 0 aliphatic heterocycles. The van der Waals surface area contributed by atoms with Gasteiger partial charge in [-0.05, 0) is 12.3 Å². The van der Waals surface area contributed by atoms with Crippen molar-refractivity contribution >= 4 is 11.6 Å². The van der Waals surface area contributed by atoms with Crippen LogP contribution >= 0.6 is 11.6 Å². The number of rotatable bonds is 0. The van der Waals surface area contributed by atoms with E-state index in [1.807, 2.05) is 6.92 Å². The molecule has 64 valence electrons. The summed E-state index contributed by atoms with van der Waals surface area (Å²) in [7, 11) is 0. The summed E-state index contributed by atoms with van der Waals surface area (Å²) in [5.74, 6) is 0.142. The molecule has 1 aromatic rings. The summed E-state index contributed by atoms with van der Waals surface area (Å²) >= 11 is 5.81. The molecule has 0 bridgehead atoms. The maximum absolute atomic E-state index is 13.2. The highest BCUT2D eigenvalue weighted by Gasteiger charge is 2.31. The van der Waals surface area contributed by atoms with Gasteiger partial charge in [-0.2, -0.15) is 0 Å². The Bertz CT molecular complexity index is 316. The largest absolute Gasteiger partial charge is 0.241 e. The average molecular weight is 187 g/mol. The first kappa shape index (κ1) is 7.92. The Balaban J connectivity index is 2.59. The summed E-state index contributed by atoms with van der Waals surface area (Å²) in [5, 5.41) is 0.396. The zero-order valence-corrected chi connectivity index (χ0v) is 7.35. The molecule has 0 radical (unpaired) electrons. The van der Waals surface area contributed by atoms with Crippen molar-refractivity contribution in [1.29, 1.82) is 0 Å². The number of nitrogens with zero attached hydrogens (tertiary/aromatic N) is 2. The highest BCUT2D eigenvalue weighted by molar-refractivity contribution is 6.30. The van der Waals surface area contributed by atoms with Crippen LogP contribution in [0.25, 0.3) is 0 Å². The van der Waals surface area contributed by atoms with Gasteiger partial charge in [0.25, 0.3) is 0 Å². The first-order valence-corrected chi connectivity index (χ1v) is 4.22. The highest BCUT2D eigenvalue weighted by Crippen LogP contribution is 2.43. The van der Waals surface area contributed by atoms with E-state index in [9.17, 15) is 4.39 Å². The molecule has 0 saturated heterocycles. The molecule has 0 unspecified atom stereocenters. The molecule has 1 aliphatic carbocycles. The van der Waals surface area contributed by atoms with E-state index in [4.69, 9.17) is 11.6 Å². The lowest BCUT2D eigenvalue weighted by molar-refractivity contribution is 0.326. The number of hydrogen-bond donors (Lipinski definition) is 0. The zero-order valence-electron chi connectivity index (χ0n) is 6.59. The Morgan fingerprint density at radius 2 is 2.33 bits per heavy atom. The van der Waals surface area contributed by atoms with Crippen molar-refractivity contribution in [3.63, 3.8) is 0 Å². The van der Waals surface area contributed by atoms with Crippen molar-refractivity contribution in [3.05, 3.63) is 22.7 Å². The van der Waals surface area contributed by atoms with Gasteiger partial charge in [0.05, 0.1) is 5.69 Å². The predicted octanol–water partition coefficient (Wildman–Crippen LogP) is 2.65. The highest BCUT2D eigenvalue weighted by atomic mass is 35.5. The molecule has 2 atom stereocenters. The van der Waals surface area contributed by atoms with Crippen LogP contribution in [-0.2, 0) is 0 Å². The number of aromatic nitrogens is 2. The second-order valence-corrected chi connectivity index (χ2v) is 3.43. The van der Waals surface area contributed by atoms with Crippen LogP contribution in [0.4, 0.5) is 4.39 Å². The Morgan fingerprint density at radius 3 is 3.00 bits per heavy atom. The summed E-state index contributed by atoms with van der Waals surface area (Å²) in [5.41, 5.74) is 1.26. The standard InChI is InChI=1S/C8H8ClFN2/c1-4-2-5(10)7-6(4)8(9)12-3-11-7/h3-5H,2H2,1H3/t4-,5-/m1/s1. The lowest BCUT2D eigenvalue weighted by Crippen LogP contribution is -1.94. The van der Waals surface area contributed by atoms with Gasteiger partial charge in [-0.1, -0.05) is 18.5 Å². The minimum Gasteiger partial charge on any atom is -0.241 e. The molecule has 0 N–H and O–H groups in total. The Morgan fingerprint density at radius 1 is 1.58 bits per heavy atom. The normalized spacial score (nSPS) is 27.2. The molecule has 1 aliphatic rings. The van der Waals surface area contributed by atoms with Crippen LogP contribution in [0.3, 0.4) is 0 Å². The fourth-order valence-corrected chi connectivity index (χ4v) is 1.96. The Hall–Kier alpha value is -0.700. The maximum atomic E-state index is 13.2. The third-order valence-corrected chi connectivity index (χ3v) is 2.52. The molecule has 0 amide bonds. The minimum absolute atomic E-state index is 0.142. The number of halogens is 2. The van der Waals surface area contributed by atoms with Gasteiger partial charge in [0, 0.05) is 5.56 Å². The molecule has 4 heteroatoms. The van der Waals surface area contributed by atoms with E-state index < -0.39 is 6.17 Å². The summed E-state index contributed by atoms with van der Waals surface area (Å²) in [6.07, 6.45) is 0.829. The van der Waals surface area contributed by atoms with Crippen LogP contribution in [0.15, 0.2) is 6.33 Å². The van der Waals surface area contributed by atoms with Crippen LogP contribution in [0.1, 0.15) is 36.7 Å². The van der Waals surface area contributed by atoms with E-state index in [0.29, 0.717) is 17.3 Å². The van der Waals surface area contributed by atoms with Crippen LogP contribution in [0.2, 0.25) is 5.15 Å². The van der Waals surface area contributed by atoms with E-state index in [1.165, 1.54) is 6.33 Å². The summed E-state index contributed by atoms with van der Waals surface area (Å²) < 4.78 is 13.2. The van der Waals surface area contributed by atoms with Gasteiger partial charge in [-0.3, -0.25) is 0 Å². The van der Waals surface area contributed by atoms with Gasteiger partial charge in [-0.25, -0.2) is 14.4 Å². The van der Waals surface area contributed by atoms with Gasteiger partial charge in [-0.15, -0.1) is 0 Å². The number of alkyl halides is 1. The van der Waals surface area contributed by atoms with Crippen molar-refractivity contribution < 1.29 is 4.39 Å². The van der Waals surface area contributed by atoms with Crippen LogP contribution < -0.4 is 0 Å². The molecule has 0 spiro atoms. The summed E-state index contributed by atoms with van der Waals surface area (Å²) in [6, 6.07) is 0. The van der Waals surface area contributed by atoms with Gasteiger partial charge >= 0.3 is 0 Å². The number of fused-ring (bicyclic) bond motifs is 1. The average Bonchev–Trinajstić information content (AvgIpc) is 2.29. The molecule has 0 aromatic carbocycles. The third-order valence-electron chi connectivity index (χ3n) is 2.22. The topological polar surface area (TPSA) is 25.8 Å². The van der Waals surface area contributed by atoms with Crippen molar-refractivity contribution in [2.75, 3.05) is 0 Å². The van der Waals surface area contributed by atoms with Crippen LogP contribution in [0, 0.1) is 0 Å². The fraction of sp³-hybridized carbons (Fsp3) is 0.500. The van der Waals surface area contributed by atoms with Crippen LogP contribution in [-0.4, -0.2) is 9.97 Å². The quantitative estimate of drug-likeness (QED) is 0.583. The van der Waals surface area contributed by atoms with E-state index >= 15 is 0 Å². The number of hydrogen-bond acceptors (Lipinski definition) is 2. The maximum Gasteiger partial charge on any atom is 0.143 e. The lowest BCUT2D eigenvalue weighted by atomic mass is 10.1. The van der Waals surface area contributed by atoms with Crippen molar-refractivity contribution in [2.24, 2.45) is 0 Å². The molecule has 1 aromatic heterocycles. The van der Waals surface area contributed by atoms with Crippen molar-refractivity contribution in [3.8, 4) is 0 Å². The van der Waals surface area contributed by atoms with Crippen molar-refractivity contribution in [1.82, 2.24) is 9.97 Å². The Kier molecular flexibility index (Phi) is 1.76. The Labute approximate surface area is 74.8 Å². The molecular weight excluding hydrogens is 179 g/mol. The molecular formula is C8H8ClFN2. The second kappa shape index (κ2) is 2.66. The molecule has 2 nitrogen and oxygen atoms in total. The summed E-state index contributed by atoms with van der Waals surface area (Å²) in [6.45, 7) is 1.94.